The summed E-state index contributed by atoms with van der Waals surface area (Å²) >= 11 is 0. The first-order valence-electron chi connectivity index (χ1n) is 7.07. The Hall–Kier alpha value is -1.39. The molecule has 0 unspecified atom stereocenters. The van der Waals surface area contributed by atoms with E-state index in [1.807, 2.05) is 6.07 Å². The van der Waals surface area contributed by atoms with E-state index in [0.717, 1.165) is 18.4 Å². The first-order chi connectivity index (χ1) is 9.64. The van der Waals surface area contributed by atoms with Crippen LogP contribution in [0.25, 0.3) is 0 Å². The second-order valence-corrected chi connectivity index (χ2v) is 4.69. The third-order valence-corrected chi connectivity index (χ3v) is 3.39. The Morgan fingerprint density at radius 1 is 1.15 bits per heavy atom. The van der Waals surface area contributed by atoms with Gasteiger partial charge in [0.2, 0.25) is 5.91 Å². The van der Waals surface area contributed by atoms with Crippen molar-refractivity contribution in [1.82, 2.24) is 5.32 Å². The molecule has 1 aromatic carbocycles. The molecule has 0 aliphatic heterocycles. The Labute approximate surface area is 121 Å². The molecule has 0 saturated carbocycles. The molecule has 4 heteroatoms. The molecule has 0 atom stereocenters. The molecule has 0 aliphatic carbocycles. The van der Waals surface area contributed by atoms with E-state index in [1.54, 1.807) is 14.2 Å². The van der Waals surface area contributed by atoms with Crippen LogP contribution in [-0.2, 0) is 33.5 Å². The van der Waals surface area contributed by atoms with Gasteiger partial charge < -0.3 is 14.8 Å². The van der Waals surface area contributed by atoms with Crippen LogP contribution in [0.3, 0.4) is 0 Å². The summed E-state index contributed by atoms with van der Waals surface area (Å²) in [5.74, 6) is -0.0181. The van der Waals surface area contributed by atoms with Crippen molar-refractivity contribution in [2.75, 3.05) is 20.8 Å². The summed E-state index contributed by atoms with van der Waals surface area (Å²) in [6, 6.07) is 6.28. The fraction of sp³-hybridized carbons (Fsp3) is 0.562. The van der Waals surface area contributed by atoms with Crippen molar-refractivity contribution in [3.63, 3.8) is 0 Å². The lowest BCUT2D eigenvalue weighted by Gasteiger charge is -2.14. The molecule has 1 rings (SSSR count). The highest BCUT2D eigenvalue weighted by Crippen LogP contribution is 2.14. The smallest absolute Gasteiger partial charge is 0.224 e. The third-order valence-electron chi connectivity index (χ3n) is 3.39. The number of methoxy groups -OCH3 is 2. The number of ether oxygens (including phenoxy) is 2. The number of aryl methyl sites for hydroxylation is 2. The fourth-order valence-electron chi connectivity index (χ4n) is 2.17. The SMILES string of the molecule is CCc1ccc(CC(=O)NCC(OC)OC)cc1CC. The molecule has 0 saturated heterocycles. The summed E-state index contributed by atoms with van der Waals surface area (Å²) in [5.41, 5.74) is 3.72. The average Bonchev–Trinajstić information content (AvgIpc) is 2.48. The van der Waals surface area contributed by atoms with Crippen LogP contribution < -0.4 is 5.32 Å². The van der Waals surface area contributed by atoms with E-state index in [1.165, 1.54) is 11.1 Å². The van der Waals surface area contributed by atoms with Gasteiger partial charge in [-0.15, -0.1) is 0 Å². The topological polar surface area (TPSA) is 47.6 Å². The van der Waals surface area contributed by atoms with Crippen molar-refractivity contribution in [1.29, 1.82) is 0 Å². The number of benzene rings is 1. The van der Waals surface area contributed by atoms with Crippen LogP contribution in [0.1, 0.15) is 30.5 Å². The number of amides is 1. The van der Waals surface area contributed by atoms with Gasteiger partial charge in [0.25, 0.3) is 0 Å². The summed E-state index contributed by atoms with van der Waals surface area (Å²) in [5, 5.41) is 2.81. The van der Waals surface area contributed by atoms with Gasteiger partial charge in [-0.2, -0.15) is 0 Å². The van der Waals surface area contributed by atoms with Gasteiger partial charge >= 0.3 is 0 Å². The first-order valence-corrected chi connectivity index (χ1v) is 7.07. The molecule has 0 aromatic heterocycles. The highest BCUT2D eigenvalue weighted by atomic mass is 16.7. The molecule has 0 spiro atoms. The normalized spacial score (nSPS) is 10.8. The highest BCUT2D eigenvalue weighted by Gasteiger charge is 2.09. The predicted molar refractivity (Wildman–Crippen MR) is 79.7 cm³/mol. The zero-order chi connectivity index (χ0) is 15.0. The Balaban J connectivity index is 2.57. The van der Waals surface area contributed by atoms with Crippen LogP contribution in [0.15, 0.2) is 18.2 Å². The minimum Gasteiger partial charge on any atom is -0.354 e. The van der Waals surface area contributed by atoms with Crippen molar-refractivity contribution < 1.29 is 14.3 Å². The summed E-state index contributed by atoms with van der Waals surface area (Å²) in [6.45, 7) is 4.65. The maximum absolute atomic E-state index is 11.9. The van der Waals surface area contributed by atoms with E-state index in [-0.39, 0.29) is 5.91 Å². The van der Waals surface area contributed by atoms with Gasteiger partial charge in [0.15, 0.2) is 6.29 Å². The van der Waals surface area contributed by atoms with Gasteiger partial charge in [-0.05, 0) is 29.5 Å². The minimum atomic E-state index is -0.396. The zero-order valence-electron chi connectivity index (χ0n) is 12.9. The Morgan fingerprint density at radius 2 is 1.80 bits per heavy atom. The van der Waals surface area contributed by atoms with E-state index in [4.69, 9.17) is 9.47 Å². The average molecular weight is 279 g/mol. The van der Waals surface area contributed by atoms with Crippen molar-refractivity contribution in [2.24, 2.45) is 0 Å². The van der Waals surface area contributed by atoms with E-state index >= 15 is 0 Å². The molecule has 1 amide bonds. The van der Waals surface area contributed by atoms with E-state index in [0.29, 0.717) is 13.0 Å². The lowest BCUT2D eigenvalue weighted by molar-refractivity contribution is -0.126. The minimum absolute atomic E-state index is 0.0181. The van der Waals surface area contributed by atoms with Crippen LogP contribution in [0, 0.1) is 0 Å². The molecule has 0 radical (unpaired) electrons. The lowest BCUT2D eigenvalue weighted by Crippen LogP contribution is -2.35. The van der Waals surface area contributed by atoms with Crippen molar-refractivity contribution in [2.45, 2.75) is 39.4 Å². The second kappa shape index (κ2) is 8.72. The molecule has 0 aliphatic rings. The molecule has 1 N–H and O–H groups in total. The molecule has 0 bridgehead atoms. The van der Waals surface area contributed by atoms with Gasteiger partial charge in [-0.3, -0.25) is 4.79 Å². The molecule has 112 valence electrons. The Morgan fingerprint density at radius 3 is 2.35 bits per heavy atom. The summed E-state index contributed by atoms with van der Waals surface area (Å²) in [4.78, 5) is 11.9. The van der Waals surface area contributed by atoms with Crippen molar-refractivity contribution in [3.05, 3.63) is 34.9 Å². The number of nitrogens with one attached hydrogen (secondary N) is 1. The molecule has 0 heterocycles. The van der Waals surface area contributed by atoms with Gasteiger partial charge in [-0.25, -0.2) is 0 Å². The maximum Gasteiger partial charge on any atom is 0.224 e. The highest BCUT2D eigenvalue weighted by molar-refractivity contribution is 5.78. The molecule has 4 nitrogen and oxygen atoms in total. The van der Waals surface area contributed by atoms with E-state index < -0.39 is 6.29 Å². The van der Waals surface area contributed by atoms with Crippen LogP contribution in [0.5, 0.6) is 0 Å². The Kier molecular flexibility index (Phi) is 7.26. The summed E-state index contributed by atoms with van der Waals surface area (Å²) < 4.78 is 10.1. The lowest BCUT2D eigenvalue weighted by atomic mass is 9.99. The van der Waals surface area contributed by atoms with Crippen LogP contribution in [0.2, 0.25) is 0 Å². The van der Waals surface area contributed by atoms with Gasteiger partial charge in [0.05, 0.1) is 13.0 Å². The second-order valence-electron chi connectivity index (χ2n) is 4.69. The first kappa shape index (κ1) is 16.7. The molecular formula is C16H25NO3. The molecular weight excluding hydrogens is 254 g/mol. The number of carbonyl (C=O) groups is 1. The zero-order valence-corrected chi connectivity index (χ0v) is 12.9. The van der Waals surface area contributed by atoms with Gasteiger partial charge in [0, 0.05) is 14.2 Å². The summed E-state index contributed by atoms with van der Waals surface area (Å²) in [6.07, 6.45) is 2.01. The molecule has 20 heavy (non-hydrogen) atoms. The predicted octanol–water partition coefficient (Wildman–Crippen LogP) is 2.09. The van der Waals surface area contributed by atoms with Crippen molar-refractivity contribution >= 4 is 5.91 Å². The quantitative estimate of drug-likeness (QED) is 0.741. The van der Waals surface area contributed by atoms with Crippen LogP contribution in [-0.4, -0.2) is 33.0 Å². The van der Waals surface area contributed by atoms with Gasteiger partial charge in [-0.1, -0.05) is 32.0 Å². The number of hydrogen-bond donors (Lipinski definition) is 1. The summed E-state index contributed by atoms with van der Waals surface area (Å²) in [7, 11) is 3.11. The van der Waals surface area contributed by atoms with E-state index in [9.17, 15) is 4.79 Å². The Bertz CT molecular complexity index is 428. The molecule has 1 aromatic rings. The fourth-order valence-corrected chi connectivity index (χ4v) is 2.17. The third kappa shape index (κ3) is 4.94. The van der Waals surface area contributed by atoms with Crippen LogP contribution in [0.4, 0.5) is 0 Å². The number of hydrogen-bond acceptors (Lipinski definition) is 3. The largest absolute Gasteiger partial charge is 0.354 e. The van der Waals surface area contributed by atoms with Gasteiger partial charge in [0.1, 0.15) is 0 Å². The van der Waals surface area contributed by atoms with Crippen LogP contribution >= 0.6 is 0 Å². The standard InChI is InChI=1S/C16H25NO3/c1-5-13-8-7-12(9-14(13)6-2)10-15(18)17-11-16(19-3)20-4/h7-9,16H,5-6,10-11H2,1-4H3,(H,17,18). The monoisotopic (exact) mass is 279 g/mol. The number of carbonyl (C=O) groups excluding carboxylic acids is 1. The molecule has 0 fully saturated rings. The van der Waals surface area contributed by atoms with E-state index in [2.05, 4.69) is 31.3 Å². The maximum atomic E-state index is 11.9. The van der Waals surface area contributed by atoms with Crippen molar-refractivity contribution in [3.8, 4) is 0 Å². The number of rotatable bonds is 8.